The van der Waals surface area contributed by atoms with Gasteiger partial charge < -0.3 is 10.4 Å². The molecule has 2 N–H and O–H groups in total. The lowest BCUT2D eigenvalue weighted by Gasteiger charge is -2.09. The second-order valence-corrected chi connectivity index (χ2v) is 3.81. The van der Waals surface area contributed by atoms with E-state index in [-0.39, 0.29) is 5.75 Å². The molecule has 0 unspecified atom stereocenters. The van der Waals surface area contributed by atoms with Gasteiger partial charge in [-0.25, -0.2) is 0 Å². The lowest BCUT2D eigenvalue weighted by Crippen LogP contribution is -1.96. The minimum atomic E-state index is 0.201. The zero-order chi connectivity index (χ0) is 12.4. The predicted octanol–water partition coefficient (Wildman–Crippen LogP) is 2.47. The summed E-state index contributed by atoms with van der Waals surface area (Å²) >= 11 is 0. The molecule has 5 nitrogen and oxygen atoms in total. The molecule has 88 valence electrons. The largest absolute Gasteiger partial charge is 0.505 e. The van der Waals surface area contributed by atoms with Gasteiger partial charge in [-0.15, -0.1) is 10.2 Å². The third kappa shape index (κ3) is 1.82. The first kappa shape index (κ1) is 10.5. The van der Waals surface area contributed by atoms with Crippen LogP contribution >= 0.6 is 0 Å². The maximum atomic E-state index is 10.2. The molecule has 0 aliphatic heterocycles. The molecule has 0 fully saturated rings. The van der Waals surface area contributed by atoms with Crippen molar-refractivity contribution >= 4 is 22.3 Å². The summed E-state index contributed by atoms with van der Waals surface area (Å²) in [4.78, 5) is 0. The molecule has 0 amide bonds. The average Bonchev–Trinajstić information content (AvgIpc) is 2.43. The highest BCUT2D eigenvalue weighted by Gasteiger charge is 2.06. The summed E-state index contributed by atoms with van der Waals surface area (Å²) < 4.78 is 0. The summed E-state index contributed by atoms with van der Waals surface area (Å²) in [5.74, 6) is 0.738. The normalized spacial score (nSPS) is 10.4. The quantitative estimate of drug-likeness (QED) is 0.671. The monoisotopic (exact) mass is 238 g/mol. The predicted molar refractivity (Wildman–Crippen MR) is 68.7 cm³/mol. The molecule has 0 atom stereocenters. The van der Waals surface area contributed by atoms with E-state index in [2.05, 4.69) is 20.7 Å². The summed E-state index contributed by atoms with van der Waals surface area (Å²) in [5, 5.41) is 25.9. The molecular weight excluding hydrogens is 228 g/mol. The number of aromatic nitrogens is 3. The van der Waals surface area contributed by atoms with Crippen LogP contribution in [0.3, 0.4) is 0 Å². The van der Waals surface area contributed by atoms with Gasteiger partial charge in [0.05, 0.1) is 11.9 Å². The van der Waals surface area contributed by atoms with Crippen LogP contribution in [0, 0.1) is 0 Å². The van der Waals surface area contributed by atoms with E-state index in [4.69, 9.17) is 0 Å². The Morgan fingerprint density at radius 1 is 1.00 bits per heavy atom. The summed E-state index contributed by atoms with van der Waals surface area (Å²) in [5.41, 5.74) is 0.592. The van der Waals surface area contributed by atoms with Gasteiger partial charge in [0.2, 0.25) is 0 Å². The van der Waals surface area contributed by atoms with E-state index in [1.807, 2.05) is 30.3 Å². The van der Waals surface area contributed by atoms with Crippen molar-refractivity contribution in [1.82, 2.24) is 15.4 Å². The maximum absolute atomic E-state index is 10.2. The van der Waals surface area contributed by atoms with Crippen LogP contribution in [0.15, 0.2) is 48.7 Å². The minimum absolute atomic E-state index is 0.201. The Morgan fingerprint density at radius 2 is 1.89 bits per heavy atom. The van der Waals surface area contributed by atoms with E-state index in [1.54, 1.807) is 12.1 Å². The van der Waals surface area contributed by atoms with Gasteiger partial charge in [0.1, 0.15) is 5.75 Å². The first-order chi connectivity index (χ1) is 8.84. The fourth-order valence-electron chi connectivity index (χ4n) is 1.80. The number of nitrogens with one attached hydrogen (secondary N) is 1. The Kier molecular flexibility index (Phi) is 2.49. The van der Waals surface area contributed by atoms with E-state index >= 15 is 0 Å². The summed E-state index contributed by atoms with van der Waals surface area (Å²) in [6, 6.07) is 13.1. The molecule has 3 rings (SSSR count). The first-order valence-electron chi connectivity index (χ1n) is 5.47. The lowest BCUT2D eigenvalue weighted by molar-refractivity contribution is 0.484. The molecule has 5 heteroatoms. The highest BCUT2D eigenvalue weighted by Crippen LogP contribution is 2.33. The number of aromatic hydroxyl groups is 1. The Hall–Kier alpha value is -2.69. The van der Waals surface area contributed by atoms with Crippen molar-refractivity contribution in [2.75, 3.05) is 5.32 Å². The lowest BCUT2D eigenvalue weighted by atomic mass is 10.1. The Morgan fingerprint density at radius 3 is 2.72 bits per heavy atom. The van der Waals surface area contributed by atoms with Crippen molar-refractivity contribution in [2.24, 2.45) is 0 Å². The molecule has 3 aromatic rings. The van der Waals surface area contributed by atoms with Crippen molar-refractivity contribution < 1.29 is 5.11 Å². The number of anilines is 2. The standard InChI is InChI=1S/C13H10N4O/c18-13-10-4-2-1-3-9(10)5-6-11(13)15-12-7-8-14-17-16-12/h1-8,18H,(H,14,15,16). The van der Waals surface area contributed by atoms with Crippen LogP contribution in [0.25, 0.3) is 10.8 Å². The number of phenols is 1. The SMILES string of the molecule is Oc1c(Nc2ccnnn2)ccc2ccccc12. The fourth-order valence-corrected chi connectivity index (χ4v) is 1.80. The van der Waals surface area contributed by atoms with Crippen LogP contribution in [-0.2, 0) is 0 Å². The molecule has 0 saturated heterocycles. The van der Waals surface area contributed by atoms with Crippen LogP contribution in [0.2, 0.25) is 0 Å². The molecule has 0 spiro atoms. The molecule has 1 aromatic heterocycles. The van der Waals surface area contributed by atoms with Crippen LogP contribution in [0.5, 0.6) is 5.75 Å². The molecule has 0 radical (unpaired) electrons. The molecule has 2 aromatic carbocycles. The number of hydrogen-bond donors (Lipinski definition) is 2. The summed E-state index contributed by atoms with van der Waals surface area (Å²) in [7, 11) is 0. The van der Waals surface area contributed by atoms with Gasteiger partial charge in [0.15, 0.2) is 5.82 Å². The van der Waals surface area contributed by atoms with Crippen molar-refractivity contribution in [1.29, 1.82) is 0 Å². The van der Waals surface area contributed by atoms with Gasteiger partial charge in [-0.05, 0) is 16.7 Å². The molecular formula is C13H10N4O. The van der Waals surface area contributed by atoms with E-state index in [9.17, 15) is 5.11 Å². The van der Waals surface area contributed by atoms with E-state index in [0.717, 1.165) is 10.8 Å². The number of phenolic OH excluding ortho intramolecular Hbond substituents is 1. The zero-order valence-corrected chi connectivity index (χ0v) is 9.41. The van der Waals surface area contributed by atoms with Crippen molar-refractivity contribution in [3.8, 4) is 5.75 Å². The van der Waals surface area contributed by atoms with Crippen molar-refractivity contribution in [3.63, 3.8) is 0 Å². The number of fused-ring (bicyclic) bond motifs is 1. The van der Waals surface area contributed by atoms with E-state index < -0.39 is 0 Å². The van der Waals surface area contributed by atoms with Gasteiger partial charge in [0, 0.05) is 11.5 Å². The van der Waals surface area contributed by atoms with Crippen LogP contribution < -0.4 is 5.32 Å². The number of hydrogen-bond acceptors (Lipinski definition) is 5. The number of benzene rings is 2. The molecule has 1 heterocycles. The minimum Gasteiger partial charge on any atom is -0.505 e. The zero-order valence-electron chi connectivity index (χ0n) is 9.41. The summed E-state index contributed by atoms with van der Waals surface area (Å²) in [6.07, 6.45) is 1.54. The summed E-state index contributed by atoms with van der Waals surface area (Å²) in [6.45, 7) is 0. The van der Waals surface area contributed by atoms with Gasteiger partial charge in [0.25, 0.3) is 0 Å². The average molecular weight is 238 g/mol. The first-order valence-corrected chi connectivity index (χ1v) is 5.47. The smallest absolute Gasteiger partial charge is 0.156 e. The third-order valence-electron chi connectivity index (χ3n) is 2.67. The molecule has 0 aliphatic carbocycles. The van der Waals surface area contributed by atoms with Crippen LogP contribution in [0.1, 0.15) is 0 Å². The van der Waals surface area contributed by atoms with Crippen molar-refractivity contribution in [2.45, 2.75) is 0 Å². The highest BCUT2D eigenvalue weighted by atomic mass is 16.3. The molecule has 0 bridgehead atoms. The fraction of sp³-hybridized carbons (Fsp3) is 0. The Bertz CT molecular complexity index is 685. The van der Waals surface area contributed by atoms with Gasteiger partial charge in [-0.1, -0.05) is 30.3 Å². The molecule has 0 saturated carbocycles. The Balaban J connectivity index is 2.05. The van der Waals surface area contributed by atoms with Crippen LogP contribution in [0.4, 0.5) is 11.5 Å². The van der Waals surface area contributed by atoms with E-state index in [1.165, 1.54) is 6.20 Å². The van der Waals surface area contributed by atoms with Gasteiger partial charge >= 0.3 is 0 Å². The highest BCUT2D eigenvalue weighted by molar-refractivity contribution is 5.93. The third-order valence-corrected chi connectivity index (χ3v) is 2.67. The number of nitrogens with zero attached hydrogens (tertiary/aromatic N) is 3. The van der Waals surface area contributed by atoms with E-state index in [0.29, 0.717) is 11.5 Å². The maximum Gasteiger partial charge on any atom is 0.156 e. The second kappa shape index (κ2) is 4.29. The number of rotatable bonds is 2. The van der Waals surface area contributed by atoms with Gasteiger partial charge in [-0.3, -0.25) is 0 Å². The second-order valence-electron chi connectivity index (χ2n) is 3.81. The van der Waals surface area contributed by atoms with Gasteiger partial charge in [-0.2, -0.15) is 0 Å². The molecule has 18 heavy (non-hydrogen) atoms. The molecule has 0 aliphatic rings. The topological polar surface area (TPSA) is 70.9 Å². The van der Waals surface area contributed by atoms with Crippen LogP contribution in [-0.4, -0.2) is 20.5 Å². The Labute approximate surface area is 103 Å². The van der Waals surface area contributed by atoms with Crippen molar-refractivity contribution in [3.05, 3.63) is 48.7 Å².